The zero-order valence-corrected chi connectivity index (χ0v) is 9.43. The summed E-state index contributed by atoms with van der Waals surface area (Å²) < 4.78 is 13.9. The molecule has 0 spiro atoms. The highest BCUT2D eigenvalue weighted by molar-refractivity contribution is 9.10. The van der Waals surface area contributed by atoms with Crippen molar-refractivity contribution in [3.05, 3.63) is 33.5 Å². The van der Waals surface area contributed by atoms with Crippen LogP contribution >= 0.6 is 15.9 Å². The van der Waals surface area contributed by atoms with Crippen molar-refractivity contribution in [2.45, 2.75) is 19.8 Å². The number of carboxylic acid groups (broad SMARTS) is 1. The molecule has 0 heterocycles. The van der Waals surface area contributed by atoms with Crippen molar-refractivity contribution in [3.63, 3.8) is 0 Å². The standard InChI is InChI=1S/C10H10BrFO2/c1-5-3-4-7(12)8(9(5)11)6(2)10(13)14/h3-4,6H,1-2H3,(H,13,14). The molecule has 0 radical (unpaired) electrons. The van der Waals surface area contributed by atoms with Crippen LogP contribution in [0.2, 0.25) is 0 Å². The number of hydrogen-bond acceptors (Lipinski definition) is 1. The minimum absolute atomic E-state index is 0.206. The highest BCUT2D eigenvalue weighted by Gasteiger charge is 2.21. The molecule has 0 amide bonds. The summed E-state index contributed by atoms with van der Waals surface area (Å²) in [4.78, 5) is 10.7. The van der Waals surface area contributed by atoms with E-state index in [0.717, 1.165) is 5.56 Å². The Kier molecular flexibility index (Phi) is 3.26. The van der Waals surface area contributed by atoms with Crippen molar-refractivity contribution in [1.29, 1.82) is 0 Å². The minimum Gasteiger partial charge on any atom is -0.481 e. The molecule has 1 aromatic rings. The highest BCUT2D eigenvalue weighted by atomic mass is 79.9. The first-order chi connectivity index (χ1) is 6.45. The zero-order chi connectivity index (χ0) is 10.9. The normalized spacial score (nSPS) is 12.6. The zero-order valence-electron chi connectivity index (χ0n) is 7.84. The molecule has 0 saturated carbocycles. The van der Waals surface area contributed by atoms with Crippen LogP contribution in [0.5, 0.6) is 0 Å². The second kappa shape index (κ2) is 4.09. The van der Waals surface area contributed by atoms with Crippen LogP contribution in [0, 0.1) is 12.7 Å². The lowest BCUT2D eigenvalue weighted by Crippen LogP contribution is -2.10. The second-order valence-electron chi connectivity index (χ2n) is 3.15. The van der Waals surface area contributed by atoms with Gasteiger partial charge in [0, 0.05) is 10.0 Å². The summed E-state index contributed by atoms with van der Waals surface area (Å²) in [5.41, 5.74) is 1.03. The number of carboxylic acids is 1. The summed E-state index contributed by atoms with van der Waals surface area (Å²) in [6, 6.07) is 2.90. The molecule has 0 saturated heterocycles. The molecule has 1 atom stereocenters. The molecule has 0 aliphatic rings. The van der Waals surface area contributed by atoms with E-state index in [1.165, 1.54) is 13.0 Å². The molecule has 0 aliphatic carbocycles. The van der Waals surface area contributed by atoms with Crippen molar-refractivity contribution >= 4 is 21.9 Å². The number of benzene rings is 1. The fraction of sp³-hybridized carbons (Fsp3) is 0.300. The van der Waals surface area contributed by atoms with Crippen molar-refractivity contribution in [2.75, 3.05) is 0 Å². The Morgan fingerprint density at radius 1 is 1.57 bits per heavy atom. The summed E-state index contributed by atoms with van der Waals surface area (Å²) in [6.45, 7) is 3.26. The predicted molar refractivity (Wildman–Crippen MR) is 54.9 cm³/mol. The quantitative estimate of drug-likeness (QED) is 0.888. The van der Waals surface area contributed by atoms with Gasteiger partial charge in [0.05, 0.1) is 5.92 Å². The molecule has 1 N–H and O–H groups in total. The van der Waals surface area contributed by atoms with Crippen molar-refractivity contribution in [3.8, 4) is 0 Å². The van der Waals surface area contributed by atoms with Crippen LogP contribution < -0.4 is 0 Å². The van der Waals surface area contributed by atoms with Crippen LogP contribution in [0.3, 0.4) is 0 Å². The molecule has 0 bridgehead atoms. The van der Waals surface area contributed by atoms with E-state index in [4.69, 9.17) is 5.11 Å². The number of hydrogen-bond donors (Lipinski definition) is 1. The topological polar surface area (TPSA) is 37.3 Å². The van der Waals surface area contributed by atoms with Gasteiger partial charge in [-0.3, -0.25) is 4.79 Å². The first-order valence-electron chi connectivity index (χ1n) is 4.12. The Hall–Kier alpha value is -0.900. The van der Waals surface area contributed by atoms with Gasteiger partial charge in [-0.1, -0.05) is 22.0 Å². The van der Waals surface area contributed by atoms with Crippen molar-refractivity contribution in [2.24, 2.45) is 0 Å². The maximum atomic E-state index is 13.3. The Labute approximate surface area is 89.9 Å². The lowest BCUT2D eigenvalue weighted by atomic mass is 9.99. The summed E-state index contributed by atoms with van der Waals surface area (Å²) in [5.74, 6) is -2.36. The van der Waals surface area contributed by atoms with Crippen LogP contribution in [-0.2, 0) is 4.79 Å². The van der Waals surface area contributed by atoms with Crippen LogP contribution in [-0.4, -0.2) is 11.1 Å². The van der Waals surface area contributed by atoms with Gasteiger partial charge in [-0.25, -0.2) is 4.39 Å². The van der Waals surface area contributed by atoms with Gasteiger partial charge in [-0.2, -0.15) is 0 Å². The van der Waals surface area contributed by atoms with Gasteiger partial charge in [0.1, 0.15) is 5.82 Å². The molecular weight excluding hydrogens is 251 g/mol. The predicted octanol–water partition coefficient (Wildman–Crippen LogP) is 3.08. The molecular formula is C10H10BrFO2. The van der Waals surface area contributed by atoms with Crippen LogP contribution in [0.4, 0.5) is 4.39 Å². The first kappa shape index (κ1) is 11.2. The fourth-order valence-electron chi connectivity index (χ4n) is 1.20. The molecule has 0 aromatic heterocycles. The number of aliphatic carboxylic acids is 1. The van der Waals surface area contributed by atoms with Gasteiger partial charge in [0.25, 0.3) is 0 Å². The summed E-state index contributed by atoms with van der Waals surface area (Å²) in [7, 11) is 0. The molecule has 14 heavy (non-hydrogen) atoms. The summed E-state index contributed by atoms with van der Waals surface area (Å²) in [6.07, 6.45) is 0. The highest BCUT2D eigenvalue weighted by Crippen LogP contribution is 2.30. The minimum atomic E-state index is -1.03. The second-order valence-corrected chi connectivity index (χ2v) is 3.94. The lowest BCUT2D eigenvalue weighted by Gasteiger charge is -2.12. The molecule has 1 rings (SSSR count). The van der Waals surface area contributed by atoms with Crippen LogP contribution in [0.25, 0.3) is 0 Å². The van der Waals surface area contributed by atoms with E-state index in [1.54, 1.807) is 13.0 Å². The van der Waals surface area contributed by atoms with E-state index in [-0.39, 0.29) is 5.56 Å². The Morgan fingerprint density at radius 3 is 2.64 bits per heavy atom. The van der Waals surface area contributed by atoms with Crippen molar-refractivity contribution < 1.29 is 14.3 Å². The molecule has 4 heteroatoms. The molecule has 0 aliphatic heterocycles. The molecule has 76 valence electrons. The Bertz CT molecular complexity index is 377. The largest absolute Gasteiger partial charge is 0.481 e. The molecule has 0 fully saturated rings. The molecule has 1 aromatic carbocycles. The fourth-order valence-corrected chi connectivity index (χ4v) is 1.86. The number of aryl methyl sites for hydroxylation is 1. The Balaban J connectivity index is 3.32. The monoisotopic (exact) mass is 260 g/mol. The van der Waals surface area contributed by atoms with E-state index in [0.29, 0.717) is 4.47 Å². The van der Waals surface area contributed by atoms with Gasteiger partial charge in [-0.15, -0.1) is 0 Å². The van der Waals surface area contributed by atoms with Crippen LogP contribution in [0.1, 0.15) is 24.0 Å². The van der Waals surface area contributed by atoms with Gasteiger partial charge in [0.2, 0.25) is 0 Å². The molecule has 1 unspecified atom stereocenters. The lowest BCUT2D eigenvalue weighted by molar-refractivity contribution is -0.138. The average molecular weight is 261 g/mol. The van der Waals surface area contributed by atoms with Gasteiger partial charge < -0.3 is 5.11 Å². The summed E-state index contributed by atoms with van der Waals surface area (Å²) >= 11 is 3.20. The van der Waals surface area contributed by atoms with Crippen LogP contribution in [0.15, 0.2) is 16.6 Å². The molecule has 2 nitrogen and oxygen atoms in total. The average Bonchev–Trinajstić information content (AvgIpc) is 2.12. The van der Waals surface area contributed by atoms with E-state index in [9.17, 15) is 9.18 Å². The van der Waals surface area contributed by atoms with Gasteiger partial charge >= 0.3 is 5.97 Å². The van der Waals surface area contributed by atoms with E-state index < -0.39 is 17.7 Å². The van der Waals surface area contributed by atoms with E-state index in [1.807, 2.05) is 0 Å². The maximum Gasteiger partial charge on any atom is 0.310 e. The number of rotatable bonds is 2. The Morgan fingerprint density at radius 2 is 2.14 bits per heavy atom. The van der Waals surface area contributed by atoms with E-state index >= 15 is 0 Å². The third kappa shape index (κ3) is 1.95. The third-order valence-electron chi connectivity index (χ3n) is 2.12. The van der Waals surface area contributed by atoms with Crippen molar-refractivity contribution in [1.82, 2.24) is 0 Å². The smallest absolute Gasteiger partial charge is 0.310 e. The summed E-state index contributed by atoms with van der Waals surface area (Å²) in [5, 5.41) is 8.79. The first-order valence-corrected chi connectivity index (χ1v) is 4.91. The maximum absolute atomic E-state index is 13.3. The number of halogens is 2. The van der Waals surface area contributed by atoms with Gasteiger partial charge in [-0.05, 0) is 25.5 Å². The SMILES string of the molecule is Cc1ccc(F)c(C(C)C(=O)O)c1Br. The number of carbonyl (C=O) groups is 1. The van der Waals surface area contributed by atoms with Gasteiger partial charge in [0.15, 0.2) is 0 Å². The third-order valence-corrected chi connectivity index (χ3v) is 3.18. The van der Waals surface area contributed by atoms with E-state index in [2.05, 4.69) is 15.9 Å².